The normalized spacial score (nSPS) is 15.8. The standard InChI is InChI=1S/C17H23N3O2S/c1-22-11-13-9-15(23-12-13)10-19-16-3-2-6-18-17(16)20-7-4-14(21)5-8-20/h2-3,6,9,12,14,19,21H,4-5,7-8,10-11H2,1H3. The van der Waals surface area contributed by atoms with Gasteiger partial charge in [0, 0.05) is 37.8 Å². The van der Waals surface area contributed by atoms with Gasteiger partial charge in [0.05, 0.1) is 18.4 Å². The monoisotopic (exact) mass is 333 g/mol. The van der Waals surface area contributed by atoms with E-state index in [0.29, 0.717) is 6.61 Å². The summed E-state index contributed by atoms with van der Waals surface area (Å²) < 4.78 is 5.16. The number of hydrogen-bond acceptors (Lipinski definition) is 6. The predicted molar refractivity (Wildman–Crippen MR) is 94.0 cm³/mol. The number of pyridine rings is 1. The van der Waals surface area contributed by atoms with E-state index in [1.165, 1.54) is 10.4 Å². The van der Waals surface area contributed by atoms with E-state index in [9.17, 15) is 5.11 Å². The van der Waals surface area contributed by atoms with Gasteiger partial charge in [-0.3, -0.25) is 0 Å². The van der Waals surface area contributed by atoms with Crippen LogP contribution in [-0.2, 0) is 17.9 Å². The molecule has 3 rings (SSSR count). The van der Waals surface area contributed by atoms with Crippen LogP contribution < -0.4 is 10.2 Å². The molecular weight excluding hydrogens is 310 g/mol. The van der Waals surface area contributed by atoms with Crippen molar-refractivity contribution in [1.29, 1.82) is 0 Å². The average molecular weight is 333 g/mol. The Hall–Kier alpha value is -1.63. The van der Waals surface area contributed by atoms with Gasteiger partial charge in [0.1, 0.15) is 0 Å². The summed E-state index contributed by atoms with van der Waals surface area (Å²) in [4.78, 5) is 8.07. The number of nitrogens with one attached hydrogen (secondary N) is 1. The van der Waals surface area contributed by atoms with Gasteiger partial charge in [0.15, 0.2) is 5.82 Å². The Balaban J connectivity index is 1.65. The van der Waals surface area contributed by atoms with Gasteiger partial charge in [-0.15, -0.1) is 11.3 Å². The highest BCUT2D eigenvalue weighted by Crippen LogP contribution is 2.27. The molecule has 0 atom stereocenters. The van der Waals surface area contributed by atoms with Gasteiger partial charge in [-0.2, -0.15) is 0 Å². The summed E-state index contributed by atoms with van der Waals surface area (Å²) in [6, 6.07) is 6.20. The Bertz CT molecular complexity index is 624. The second-order valence-electron chi connectivity index (χ2n) is 5.80. The molecule has 5 nitrogen and oxygen atoms in total. The van der Waals surface area contributed by atoms with Crippen LogP contribution in [0, 0.1) is 0 Å². The number of hydrogen-bond donors (Lipinski definition) is 2. The molecule has 6 heteroatoms. The zero-order valence-electron chi connectivity index (χ0n) is 13.4. The summed E-state index contributed by atoms with van der Waals surface area (Å²) in [5.41, 5.74) is 2.26. The molecule has 0 bridgehead atoms. The molecule has 1 fully saturated rings. The molecular formula is C17H23N3O2S. The minimum absolute atomic E-state index is 0.170. The second kappa shape index (κ2) is 7.77. The fourth-order valence-corrected chi connectivity index (χ4v) is 3.62. The van der Waals surface area contributed by atoms with Gasteiger partial charge < -0.3 is 20.1 Å². The molecule has 0 unspecified atom stereocenters. The average Bonchev–Trinajstić information content (AvgIpc) is 3.02. The lowest BCUT2D eigenvalue weighted by Gasteiger charge is -2.31. The highest BCUT2D eigenvalue weighted by molar-refractivity contribution is 7.10. The van der Waals surface area contributed by atoms with Crippen molar-refractivity contribution in [2.24, 2.45) is 0 Å². The van der Waals surface area contributed by atoms with Crippen LogP contribution in [0.15, 0.2) is 29.8 Å². The summed E-state index contributed by atoms with van der Waals surface area (Å²) in [5.74, 6) is 0.980. The zero-order valence-corrected chi connectivity index (χ0v) is 14.2. The summed E-state index contributed by atoms with van der Waals surface area (Å²) in [5, 5.41) is 15.3. The molecule has 0 saturated carbocycles. The Morgan fingerprint density at radius 2 is 2.26 bits per heavy atom. The molecule has 1 aliphatic rings. The van der Waals surface area contributed by atoms with Crippen molar-refractivity contribution >= 4 is 22.8 Å². The van der Waals surface area contributed by atoms with Crippen molar-refractivity contribution in [3.8, 4) is 0 Å². The first kappa shape index (κ1) is 16.2. The third kappa shape index (κ3) is 4.22. The van der Waals surface area contributed by atoms with Crippen molar-refractivity contribution in [2.45, 2.75) is 32.1 Å². The van der Waals surface area contributed by atoms with Crippen LogP contribution in [0.25, 0.3) is 0 Å². The highest BCUT2D eigenvalue weighted by Gasteiger charge is 2.20. The molecule has 0 aliphatic carbocycles. The molecule has 124 valence electrons. The van der Waals surface area contributed by atoms with E-state index >= 15 is 0 Å². The van der Waals surface area contributed by atoms with E-state index in [0.717, 1.165) is 44.0 Å². The van der Waals surface area contributed by atoms with Crippen molar-refractivity contribution in [2.75, 3.05) is 30.4 Å². The Labute approximate surface area is 140 Å². The molecule has 1 saturated heterocycles. The van der Waals surface area contributed by atoms with Crippen molar-refractivity contribution in [3.05, 3.63) is 40.2 Å². The van der Waals surface area contributed by atoms with Gasteiger partial charge in [0.25, 0.3) is 0 Å². The van der Waals surface area contributed by atoms with E-state index in [2.05, 4.69) is 32.7 Å². The van der Waals surface area contributed by atoms with Crippen LogP contribution in [0.3, 0.4) is 0 Å². The highest BCUT2D eigenvalue weighted by atomic mass is 32.1. The molecule has 0 aromatic carbocycles. The number of aliphatic hydroxyl groups excluding tert-OH is 1. The lowest BCUT2D eigenvalue weighted by atomic mass is 10.1. The van der Waals surface area contributed by atoms with Gasteiger partial charge in [-0.25, -0.2) is 4.98 Å². The Morgan fingerprint density at radius 3 is 3.04 bits per heavy atom. The quantitative estimate of drug-likeness (QED) is 0.851. The SMILES string of the molecule is COCc1csc(CNc2cccnc2N2CCC(O)CC2)c1. The largest absolute Gasteiger partial charge is 0.393 e. The molecule has 23 heavy (non-hydrogen) atoms. The maximum absolute atomic E-state index is 9.67. The first-order valence-electron chi connectivity index (χ1n) is 7.93. The first-order chi connectivity index (χ1) is 11.3. The molecule has 0 radical (unpaired) electrons. The molecule has 3 heterocycles. The smallest absolute Gasteiger partial charge is 0.151 e. The minimum Gasteiger partial charge on any atom is -0.393 e. The Morgan fingerprint density at radius 1 is 1.43 bits per heavy atom. The van der Waals surface area contributed by atoms with Crippen LogP contribution in [0.2, 0.25) is 0 Å². The number of thiophene rings is 1. The van der Waals surface area contributed by atoms with Crippen LogP contribution in [0.4, 0.5) is 11.5 Å². The van der Waals surface area contributed by atoms with E-state index in [4.69, 9.17) is 4.74 Å². The number of rotatable bonds is 6. The molecule has 2 aromatic heterocycles. The predicted octanol–water partition coefficient (Wildman–Crippen LogP) is 2.86. The minimum atomic E-state index is -0.170. The summed E-state index contributed by atoms with van der Waals surface area (Å²) >= 11 is 1.74. The molecule has 2 N–H and O–H groups in total. The lowest BCUT2D eigenvalue weighted by molar-refractivity contribution is 0.145. The van der Waals surface area contributed by atoms with Crippen molar-refractivity contribution in [1.82, 2.24) is 4.98 Å². The number of piperidine rings is 1. The number of ether oxygens (including phenoxy) is 1. The molecule has 2 aromatic rings. The van der Waals surface area contributed by atoms with Gasteiger partial charge in [-0.05, 0) is 42.0 Å². The first-order valence-corrected chi connectivity index (χ1v) is 8.81. The molecule has 0 spiro atoms. The maximum Gasteiger partial charge on any atom is 0.151 e. The van der Waals surface area contributed by atoms with Crippen LogP contribution in [-0.4, -0.2) is 36.4 Å². The van der Waals surface area contributed by atoms with Crippen LogP contribution >= 0.6 is 11.3 Å². The maximum atomic E-state index is 9.67. The molecule has 1 aliphatic heterocycles. The zero-order chi connectivity index (χ0) is 16.1. The summed E-state index contributed by atoms with van der Waals surface area (Å²) in [7, 11) is 1.72. The van der Waals surface area contributed by atoms with Gasteiger partial charge in [-0.1, -0.05) is 0 Å². The van der Waals surface area contributed by atoms with Crippen LogP contribution in [0.5, 0.6) is 0 Å². The fraction of sp³-hybridized carbons (Fsp3) is 0.471. The summed E-state index contributed by atoms with van der Waals surface area (Å²) in [6.07, 6.45) is 3.27. The lowest BCUT2D eigenvalue weighted by Crippen LogP contribution is -2.36. The fourth-order valence-electron chi connectivity index (χ4n) is 2.81. The number of anilines is 2. The van der Waals surface area contributed by atoms with Crippen molar-refractivity contribution < 1.29 is 9.84 Å². The molecule has 0 amide bonds. The third-order valence-electron chi connectivity index (χ3n) is 4.02. The third-order valence-corrected chi connectivity index (χ3v) is 5.01. The van der Waals surface area contributed by atoms with E-state index in [-0.39, 0.29) is 6.10 Å². The van der Waals surface area contributed by atoms with Crippen molar-refractivity contribution in [3.63, 3.8) is 0 Å². The van der Waals surface area contributed by atoms with E-state index < -0.39 is 0 Å². The number of nitrogens with zero attached hydrogens (tertiary/aromatic N) is 2. The van der Waals surface area contributed by atoms with Gasteiger partial charge in [0.2, 0.25) is 0 Å². The number of methoxy groups -OCH3 is 1. The van der Waals surface area contributed by atoms with Crippen LogP contribution in [0.1, 0.15) is 23.3 Å². The van der Waals surface area contributed by atoms with Gasteiger partial charge >= 0.3 is 0 Å². The summed E-state index contributed by atoms with van der Waals surface area (Å²) in [6.45, 7) is 3.14. The number of aromatic nitrogens is 1. The van der Waals surface area contributed by atoms with E-state index in [1.807, 2.05) is 12.3 Å². The van der Waals surface area contributed by atoms with E-state index in [1.54, 1.807) is 18.4 Å². The Kier molecular flexibility index (Phi) is 5.48. The number of aliphatic hydroxyl groups is 1. The second-order valence-corrected chi connectivity index (χ2v) is 6.80. The topological polar surface area (TPSA) is 57.6 Å².